The highest BCUT2D eigenvalue weighted by molar-refractivity contribution is 8.00. The van der Waals surface area contributed by atoms with Gasteiger partial charge >= 0.3 is 5.97 Å². The molecule has 0 spiro atoms. The molecule has 0 bridgehead atoms. The summed E-state index contributed by atoms with van der Waals surface area (Å²) in [5, 5.41) is 58.5. The van der Waals surface area contributed by atoms with Gasteiger partial charge in [-0.1, -0.05) is 88.1 Å². The maximum absolute atomic E-state index is 15.7. The number of carboxylic acid groups (broad SMARTS) is 1. The Labute approximate surface area is 770 Å². The number of aliphatic carboxylic acids is 1. The van der Waals surface area contributed by atoms with Crippen LogP contribution in [-0.4, -0.2) is 305 Å². The fourth-order valence-corrected chi connectivity index (χ4v) is 18.2. The first-order valence-corrected chi connectivity index (χ1v) is 46.1. The van der Waals surface area contributed by atoms with Crippen molar-refractivity contribution >= 4 is 150 Å². The fraction of sp³-hybridized carbons (Fsp3) is 0.517. The van der Waals surface area contributed by atoms with Gasteiger partial charge in [0.05, 0.1) is 42.9 Å². The summed E-state index contributed by atoms with van der Waals surface area (Å²) in [5.41, 5.74) is 19.7. The van der Waals surface area contributed by atoms with Crippen molar-refractivity contribution in [1.82, 2.24) is 87.3 Å². The van der Waals surface area contributed by atoms with E-state index in [2.05, 4.69) is 62.8 Å². The van der Waals surface area contributed by atoms with E-state index in [4.69, 9.17) is 17.2 Å². The van der Waals surface area contributed by atoms with Gasteiger partial charge in [-0.05, 0) is 117 Å². The number of unbranched alkanes of at least 4 members (excludes halogenated alkanes) is 2. The minimum absolute atomic E-state index is 0.0343. The normalized spacial score (nSPS) is 25.1. The second-order valence-corrected chi connectivity index (χ2v) is 35.5. The van der Waals surface area contributed by atoms with Crippen molar-refractivity contribution in [2.24, 2.45) is 23.1 Å². The summed E-state index contributed by atoms with van der Waals surface area (Å²) in [6.07, 6.45) is 0.214. The van der Waals surface area contributed by atoms with Gasteiger partial charge in [-0.3, -0.25) is 86.3 Å². The number of Topliss-reactive ketones (excluding diaryl/α,β-unsaturated/α-hetero) is 1. The van der Waals surface area contributed by atoms with E-state index >= 15 is 33.6 Å². The molecule has 15 atom stereocenters. The minimum atomic E-state index is -1.81. The number of thiophene rings is 1. The predicted molar refractivity (Wildman–Crippen MR) is 485 cm³/mol. The van der Waals surface area contributed by atoms with Crippen LogP contribution in [0.25, 0.3) is 21.0 Å². The number of ketones is 1. The average Bonchev–Trinajstić information content (AvgIpc) is 1.20. The number of amides is 16. The van der Waals surface area contributed by atoms with Crippen LogP contribution in [0.5, 0.6) is 5.75 Å². The number of aromatic nitrogens is 3. The molecule has 3 aliphatic heterocycles. The Morgan fingerprint density at radius 3 is 1.89 bits per heavy atom. The number of aromatic amines is 2. The number of nitrogens with zero attached hydrogens (tertiary/aromatic N) is 6. The van der Waals surface area contributed by atoms with Crippen molar-refractivity contribution in [2.45, 2.75) is 228 Å². The van der Waals surface area contributed by atoms with Gasteiger partial charge in [0.1, 0.15) is 78.3 Å². The number of aromatic hydroxyl groups is 1. The molecule has 6 heterocycles. The molecule has 16 amide bonds. The number of carbonyl (C=O) groups excluding carboxylic acids is 17. The number of hydrogen-bond donors (Lipinski definition) is 17. The summed E-state index contributed by atoms with van der Waals surface area (Å²) in [7, 11) is 3.96. The number of benzene rings is 3. The number of aliphatic hydroxyl groups excluding tert-OH is 1. The third-order valence-electron chi connectivity index (χ3n) is 23.8. The van der Waals surface area contributed by atoms with Crippen LogP contribution in [0.15, 0.2) is 96.9 Å². The molecule has 3 fully saturated rings. The molecule has 9 rings (SSSR count). The van der Waals surface area contributed by atoms with Crippen molar-refractivity contribution in [3.05, 3.63) is 119 Å². The van der Waals surface area contributed by atoms with E-state index in [9.17, 15) is 68.1 Å². The smallest absolute Gasteiger partial charge is 0.303 e. The quantitative estimate of drug-likeness (QED) is 0.0339. The Bertz CT molecular complexity index is 5150. The summed E-state index contributed by atoms with van der Waals surface area (Å²) in [6.45, 7) is 4.66. The number of aliphatic hydroxyl groups is 1. The minimum Gasteiger partial charge on any atom is -0.508 e. The number of fused-ring (bicyclic) bond motifs is 4. The lowest BCUT2D eigenvalue weighted by atomic mass is 9.90. The number of nitrogens with two attached hydrogens (primary N) is 3. The lowest BCUT2D eigenvalue weighted by Crippen LogP contribution is -2.60. The maximum Gasteiger partial charge on any atom is 0.303 e. The van der Waals surface area contributed by atoms with Gasteiger partial charge < -0.3 is 115 Å². The monoisotopic (exact) mass is 1870 g/mol. The number of primary amides is 2. The van der Waals surface area contributed by atoms with Crippen molar-refractivity contribution < 1.29 is 102 Å². The molecule has 132 heavy (non-hydrogen) atoms. The van der Waals surface area contributed by atoms with E-state index in [-0.39, 0.29) is 75.9 Å². The SMILES string of the molecule is CCCC[C@H]1C(=O)N(C)[C@@H](CCCC)C(=O)N[C@H](C)C(=O)N[C@H](C(=O)NCC(N)=O)CSCC(=O)N[C@@H](Cc2ccc(O)cc2)C(=O)N(C)[C@@H](C)C(=O)N[C@@H](CC(N)=O)C(=O)N2CCC[C@H]2C(=O)N[C@@H](Cc2c[nH]cn2)C(=O)N[C@@H](CCC(=O)O)C(=O)N2C[C@H](O)C[C@H]2C(=O)C[C@@H](Cc2c[nH]c3ccccc23)C(=O)N[C@@H](CCN)C(=O)N[C@@H](Cc2csc3ccccc23)C(=O)N1C. The Morgan fingerprint density at radius 1 is 0.583 bits per heavy atom. The number of phenolic OH excluding ortho intramolecular Hbond substituents is 1. The van der Waals surface area contributed by atoms with E-state index in [0.29, 0.717) is 53.3 Å². The molecule has 20 N–H and O–H groups in total. The molecule has 0 saturated carbocycles. The summed E-state index contributed by atoms with van der Waals surface area (Å²) < 4.78 is 0.836. The van der Waals surface area contributed by atoms with Crippen LogP contribution in [0.2, 0.25) is 0 Å². The van der Waals surface area contributed by atoms with E-state index in [1.165, 1.54) is 92.9 Å². The topological polar surface area (TPSA) is 615 Å². The average molecular weight is 1870 g/mol. The zero-order chi connectivity index (χ0) is 96.3. The molecule has 0 aliphatic carbocycles. The second-order valence-electron chi connectivity index (χ2n) is 33.5. The third-order valence-corrected chi connectivity index (χ3v) is 25.9. The Balaban J connectivity index is 1.09. The van der Waals surface area contributed by atoms with Gasteiger partial charge in [0.25, 0.3) is 0 Å². The molecular weight excluding hydrogens is 1750 g/mol. The summed E-state index contributed by atoms with van der Waals surface area (Å²) in [5.74, 6) is -19.6. The van der Waals surface area contributed by atoms with Crippen LogP contribution in [0.4, 0.5) is 0 Å². The molecule has 6 aromatic rings. The number of imidazole rings is 1. The lowest BCUT2D eigenvalue weighted by molar-refractivity contribution is -0.149. The number of hydrogen-bond acceptors (Lipinski definition) is 24. The summed E-state index contributed by atoms with van der Waals surface area (Å²) in [4.78, 5) is 277. The number of carbonyl (C=O) groups is 18. The van der Waals surface area contributed by atoms with Gasteiger partial charge in [-0.2, -0.15) is 0 Å². The number of nitrogens with one attached hydrogen (secondary N) is 11. The van der Waals surface area contributed by atoms with E-state index in [0.717, 1.165) is 36.5 Å². The van der Waals surface area contributed by atoms with E-state index < -0.39 is 260 Å². The first-order valence-electron chi connectivity index (χ1n) is 44.0. The number of likely N-dealkylation sites (N-methyl/N-ethyl adjacent to an activating group) is 3. The van der Waals surface area contributed by atoms with Gasteiger partial charge in [-0.25, -0.2) is 4.98 Å². The van der Waals surface area contributed by atoms with Crippen LogP contribution >= 0.6 is 23.1 Å². The molecule has 0 unspecified atom stereocenters. The van der Waals surface area contributed by atoms with Crippen LogP contribution in [0.3, 0.4) is 0 Å². The number of thioether (sulfide) groups is 1. The molecule has 3 aromatic heterocycles. The molecular formula is C89H120N20O21S2. The number of para-hydroxylation sites is 1. The summed E-state index contributed by atoms with van der Waals surface area (Å²) in [6, 6.07) is -0.0336. The number of carboxylic acids is 1. The molecule has 43 heteroatoms. The van der Waals surface area contributed by atoms with Crippen LogP contribution in [-0.2, 0) is 112 Å². The van der Waals surface area contributed by atoms with Crippen LogP contribution in [0.1, 0.15) is 140 Å². The zero-order valence-electron chi connectivity index (χ0n) is 74.8. The number of rotatable bonds is 24. The van der Waals surface area contributed by atoms with Gasteiger partial charge in [-0.15, -0.1) is 23.1 Å². The highest BCUT2D eigenvalue weighted by atomic mass is 32.2. The molecule has 3 aromatic carbocycles. The second kappa shape index (κ2) is 48.8. The fourth-order valence-electron chi connectivity index (χ4n) is 16.4. The maximum atomic E-state index is 15.7. The first-order chi connectivity index (χ1) is 62.9. The van der Waals surface area contributed by atoms with Crippen molar-refractivity contribution in [3.8, 4) is 5.75 Å². The molecule has 3 saturated heterocycles. The molecule has 41 nitrogen and oxygen atoms in total. The number of phenols is 1. The van der Waals surface area contributed by atoms with Gasteiger partial charge in [0, 0.05) is 112 Å². The largest absolute Gasteiger partial charge is 0.508 e. The highest BCUT2D eigenvalue weighted by Gasteiger charge is 2.47. The first kappa shape index (κ1) is 103. The lowest BCUT2D eigenvalue weighted by Gasteiger charge is -2.36. The predicted octanol–water partition coefficient (Wildman–Crippen LogP) is -1.17. The molecule has 0 radical (unpaired) electrons. The van der Waals surface area contributed by atoms with Crippen LogP contribution in [0, 0.1) is 5.92 Å². The van der Waals surface area contributed by atoms with Crippen molar-refractivity contribution in [2.75, 3.05) is 58.8 Å². The van der Waals surface area contributed by atoms with E-state index in [1.54, 1.807) is 36.5 Å². The molecule has 3 aliphatic rings. The van der Waals surface area contributed by atoms with E-state index in [1.807, 2.05) is 37.4 Å². The number of H-pyrrole nitrogens is 2. The van der Waals surface area contributed by atoms with Crippen molar-refractivity contribution in [1.29, 1.82) is 0 Å². The summed E-state index contributed by atoms with van der Waals surface area (Å²) >= 11 is 2.15. The van der Waals surface area contributed by atoms with Crippen molar-refractivity contribution in [3.63, 3.8) is 0 Å². The van der Waals surface area contributed by atoms with Gasteiger partial charge in [0.15, 0.2) is 5.78 Å². The van der Waals surface area contributed by atoms with Crippen LogP contribution < -0.4 is 65.1 Å². The third kappa shape index (κ3) is 28.1. The molecule has 714 valence electrons. The van der Waals surface area contributed by atoms with Gasteiger partial charge in [0.2, 0.25) is 94.5 Å². The Kier molecular flexibility index (Phi) is 38.0. The standard InChI is InChI=1S/C89H120N20O21S2/c1-8-10-20-67-83(124)97-48(3)77(118)104-66(80(121)95-42-74(92)114)45-131-46-75(115)98-63(33-50-24-26-55(110)27-25-50)85(126)105(5)49(4)78(119)102-65(39-73(91)113)88(129)108-32-16-22-68(108)84(125)101-62(37-54-41-93-47-96-54)82(123)100-61(28-29-76(116)117)87(128)109-43-56(111)38-70(109)71(112)36-51(34-52-40-94-59-19-14-12-17-57(52)59)79(120)99-60(30-31-90)81(122)103-64(35-53-44-132-72-23-15-13-18-58(53)72)86(127)107(7)69(21-11-9-2)89(130)106(67)6/h12-15,17-19,23-27,40-41,44,47-49,51,56,60-70,94,110-111H,8-11,16,20-22,28-39,42-43,45-46,90H2,1-7H3,(H2,91,113)(H2,92,114)(H,93,96)(H,95,121)(H,97,124)(H,98,115)(H,99,120)(H,100,123)(H,101,125)(H,102,119)(H,103,122)(H,104,118)(H,116,117)/t48-,49+,51-,56-,60+,61+,62+,63+,64+,65+,66+,67+,68+,69+,70+/m1/s1. The zero-order valence-corrected chi connectivity index (χ0v) is 76.4. The Hall–Kier alpha value is -12.9. The Morgan fingerprint density at radius 2 is 1.21 bits per heavy atom. The highest BCUT2D eigenvalue weighted by Crippen LogP contribution is 2.31.